The van der Waals surface area contributed by atoms with E-state index in [9.17, 15) is 13.6 Å². The fraction of sp³-hybridized carbons (Fsp3) is 0.500. The van der Waals surface area contributed by atoms with Gasteiger partial charge in [-0.25, -0.2) is 18.7 Å². The average molecular weight is 595 g/mol. The van der Waals surface area contributed by atoms with Gasteiger partial charge < -0.3 is 19.5 Å². The minimum Gasteiger partial charge on any atom is -0.402 e. The van der Waals surface area contributed by atoms with Crippen LogP contribution in [0.1, 0.15) is 43.5 Å². The quantitative estimate of drug-likeness (QED) is 0.388. The summed E-state index contributed by atoms with van der Waals surface area (Å²) in [6.07, 6.45) is 3.99. The van der Waals surface area contributed by atoms with E-state index in [-0.39, 0.29) is 33.7 Å². The number of halogens is 4. The number of nitrogens with zero attached hydrogens (tertiary/aromatic N) is 7. The third-order valence-corrected chi connectivity index (χ3v) is 7.99. The fourth-order valence-corrected chi connectivity index (χ4v) is 5.80. The molecule has 3 aromatic rings. The maximum Gasteiger partial charge on any atom is 0.315 e. The van der Waals surface area contributed by atoms with Crippen molar-refractivity contribution in [3.8, 4) is 11.6 Å². The number of carbonyl (C=O) groups is 1. The molecule has 1 N–H and O–H groups in total. The normalized spacial score (nSPS) is 18.8. The summed E-state index contributed by atoms with van der Waals surface area (Å²) in [5, 5.41) is 10.8. The molecule has 2 saturated heterocycles. The van der Waals surface area contributed by atoms with Crippen LogP contribution >= 0.6 is 23.2 Å². The zero-order valence-corrected chi connectivity index (χ0v) is 23.7. The first-order valence-electron chi connectivity index (χ1n) is 13.3. The molecule has 0 spiro atoms. The molecule has 0 saturated carbocycles. The van der Waals surface area contributed by atoms with Gasteiger partial charge in [-0.3, -0.25) is 9.69 Å². The van der Waals surface area contributed by atoms with Crippen LogP contribution in [0.15, 0.2) is 22.7 Å². The summed E-state index contributed by atoms with van der Waals surface area (Å²) in [6, 6.07) is 2.55. The van der Waals surface area contributed by atoms with Gasteiger partial charge in [0.25, 0.3) is 11.8 Å². The summed E-state index contributed by atoms with van der Waals surface area (Å²) >= 11 is 12.2. The summed E-state index contributed by atoms with van der Waals surface area (Å²) in [6.45, 7) is 7.89. The molecule has 5 rings (SSSR count). The van der Waals surface area contributed by atoms with Crippen molar-refractivity contribution >= 4 is 40.9 Å². The van der Waals surface area contributed by atoms with Crippen LogP contribution < -0.4 is 10.2 Å². The second kappa shape index (κ2) is 12.2. The molecule has 2 aliphatic heterocycles. The first-order chi connectivity index (χ1) is 19.3. The van der Waals surface area contributed by atoms with Gasteiger partial charge in [0.1, 0.15) is 17.3 Å². The van der Waals surface area contributed by atoms with E-state index in [0.717, 1.165) is 44.5 Å². The van der Waals surface area contributed by atoms with E-state index in [2.05, 4.69) is 42.2 Å². The summed E-state index contributed by atoms with van der Waals surface area (Å²) in [5.41, 5.74) is 0.111. The molecule has 0 radical (unpaired) electrons. The highest BCUT2D eigenvalue weighted by Gasteiger charge is 2.35. The van der Waals surface area contributed by atoms with Gasteiger partial charge in [0.15, 0.2) is 11.0 Å². The Morgan fingerprint density at radius 2 is 1.88 bits per heavy atom. The molecule has 2 fully saturated rings. The summed E-state index contributed by atoms with van der Waals surface area (Å²) in [4.78, 5) is 28.1. The topological polar surface area (TPSA) is 104 Å². The van der Waals surface area contributed by atoms with Crippen molar-refractivity contribution in [2.45, 2.75) is 45.2 Å². The molecule has 0 aliphatic carbocycles. The molecule has 40 heavy (non-hydrogen) atoms. The van der Waals surface area contributed by atoms with Crippen molar-refractivity contribution in [2.75, 3.05) is 49.5 Å². The number of rotatable bonds is 7. The Morgan fingerprint density at radius 3 is 2.58 bits per heavy atom. The SMILES string of the molecule is CCNc1nnc(-c2cnc(N3CCN(C4CCN(C(=O)c5cc(F)c(Cl)cc5F)CC4)[C@@H](CC)C3)c(Cl)n2)o1. The second-order valence-corrected chi connectivity index (χ2v) is 10.6. The molecule has 2 aliphatic rings. The molecule has 4 heterocycles. The van der Waals surface area contributed by atoms with Gasteiger partial charge in [-0.05, 0) is 38.3 Å². The summed E-state index contributed by atoms with van der Waals surface area (Å²) < 4.78 is 33.7. The molecule has 1 aromatic carbocycles. The molecule has 0 unspecified atom stereocenters. The predicted octanol–water partition coefficient (Wildman–Crippen LogP) is 4.75. The molecule has 1 amide bonds. The van der Waals surface area contributed by atoms with E-state index >= 15 is 0 Å². The zero-order valence-electron chi connectivity index (χ0n) is 22.2. The number of amides is 1. The lowest BCUT2D eigenvalue weighted by Gasteiger charge is -2.47. The fourth-order valence-electron chi connectivity index (χ4n) is 5.39. The Morgan fingerprint density at radius 1 is 1.10 bits per heavy atom. The number of nitrogens with one attached hydrogen (secondary N) is 1. The largest absolute Gasteiger partial charge is 0.402 e. The number of piperidine rings is 1. The van der Waals surface area contributed by atoms with Gasteiger partial charge in [-0.1, -0.05) is 35.2 Å². The van der Waals surface area contributed by atoms with E-state index in [0.29, 0.717) is 43.7 Å². The number of likely N-dealkylation sites (tertiary alicyclic amines) is 1. The first-order valence-corrected chi connectivity index (χ1v) is 14.1. The standard InChI is InChI=1S/C26H30Cl2F2N8O2/c1-3-15-14-37(23-22(28)33-21(13-32-23)24-34-35-26(40-24)31-4-2)9-10-38(15)16-5-7-36(8-6-16)25(39)17-11-20(30)18(27)12-19(17)29/h11-13,15-16H,3-10,14H2,1-2H3,(H,31,35)/t15-/m0/s1. The summed E-state index contributed by atoms with van der Waals surface area (Å²) in [7, 11) is 0. The van der Waals surface area contributed by atoms with Crippen molar-refractivity contribution in [1.82, 2.24) is 30.0 Å². The maximum atomic E-state index is 14.3. The van der Waals surface area contributed by atoms with Crippen molar-refractivity contribution in [3.63, 3.8) is 0 Å². The van der Waals surface area contributed by atoms with Gasteiger partial charge in [0.05, 0.1) is 16.8 Å². The van der Waals surface area contributed by atoms with E-state index in [1.165, 1.54) is 0 Å². The number of piperazine rings is 1. The molecule has 14 heteroatoms. The lowest BCUT2D eigenvalue weighted by molar-refractivity contribution is 0.0487. The summed E-state index contributed by atoms with van der Waals surface area (Å²) in [5.74, 6) is -1.30. The lowest BCUT2D eigenvalue weighted by atomic mass is 9.97. The molecular weight excluding hydrogens is 565 g/mol. The Bertz CT molecular complexity index is 1370. The maximum absolute atomic E-state index is 14.3. The van der Waals surface area contributed by atoms with E-state index in [4.69, 9.17) is 27.6 Å². The smallest absolute Gasteiger partial charge is 0.315 e. The highest BCUT2D eigenvalue weighted by Crippen LogP contribution is 2.30. The van der Waals surface area contributed by atoms with Crippen molar-refractivity contribution in [2.24, 2.45) is 0 Å². The van der Waals surface area contributed by atoms with Crippen LogP contribution in [-0.2, 0) is 0 Å². The number of hydrogen-bond acceptors (Lipinski definition) is 9. The first kappa shape index (κ1) is 28.4. The second-order valence-electron chi connectivity index (χ2n) is 9.83. The van der Waals surface area contributed by atoms with E-state index < -0.39 is 17.5 Å². The highest BCUT2D eigenvalue weighted by molar-refractivity contribution is 6.31. The number of hydrogen-bond donors (Lipinski definition) is 1. The number of benzene rings is 1. The predicted molar refractivity (Wildman–Crippen MR) is 148 cm³/mol. The molecule has 2 aromatic heterocycles. The highest BCUT2D eigenvalue weighted by atomic mass is 35.5. The third-order valence-electron chi connectivity index (χ3n) is 7.44. The monoisotopic (exact) mass is 594 g/mol. The lowest BCUT2D eigenvalue weighted by Crippen LogP contribution is -2.58. The van der Waals surface area contributed by atoms with Crippen LogP contribution in [0.2, 0.25) is 10.2 Å². The van der Waals surface area contributed by atoms with Crippen LogP contribution in [0, 0.1) is 11.6 Å². The van der Waals surface area contributed by atoms with Gasteiger partial charge in [0, 0.05) is 51.4 Å². The third kappa shape index (κ3) is 5.84. The number of aromatic nitrogens is 4. The molecule has 1 atom stereocenters. The van der Waals surface area contributed by atoms with Crippen LogP contribution in [-0.4, -0.2) is 87.2 Å². The Kier molecular flexibility index (Phi) is 8.67. The average Bonchev–Trinajstić information content (AvgIpc) is 3.43. The Hall–Kier alpha value is -3.09. The Balaban J connectivity index is 1.20. The van der Waals surface area contributed by atoms with Gasteiger partial charge in [-0.2, -0.15) is 0 Å². The van der Waals surface area contributed by atoms with Crippen molar-refractivity contribution < 1.29 is 18.0 Å². The minimum absolute atomic E-state index is 0.238. The molecular formula is C26H30Cl2F2N8O2. The van der Waals surface area contributed by atoms with Gasteiger partial charge in [-0.15, -0.1) is 5.10 Å². The number of carbonyl (C=O) groups excluding carboxylic acids is 1. The van der Waals surface area contributed by atoms with Gasteiger partial charge in [0.2, 0.25) is 0 Å². The van der Waals surface area contributed by atoms with Crippen LogP contribution in [0.4, 0.5) is 20.6 Å². The van der Waals surface area contributed by atoms with Crippen LogP contribution in [0.5, 0.6) is 0 Å². The van der Waals surface area contributed by atoms with E-state index in [1.54, 1.807) is 11.1 Å². The minimum atomic E-state index is -0.814. The zero-order chi connectivity index (χ0) is 28.4. The van der Waals surface area contributed by atoms with Crippen LogP contribution in [0.3, 0.4) is 0 Å². The number of anilines is 2. The van der Waals surface area contributed by atoms with E-state index in [1.807, 2.05) is 6.92 Å². The molecule has 10 nitrogen and oxygen atoms in total. The Labute approximate surface area is 240 Å². The van der Waals surface area contributed by atoms with Crippen molar-refractivity contribution in [3.05, 3.63) is 45.7 Å². The van der Waals surface area contributed by atoms with Gasteiger partial charge >= 0.3 is 6.01 Å². The van der Waals surface area contributed by atoms with Crippen molar-refractivity contribution in [1.29, 1.82) is 0 Å². The van der Waals surface area contributed by atoms with Crippen LogP contribution in [0.25, 0.3) is 11.6 Å². The molecule has 214 valence electrons. The molecule has 0 bridgehead atoms.